The maximum Gasteiger partial charge on any atom is 0.136 e. The van der Waals surface area contributed by atoms with Crippen LogP contribution in [0.4, 0.5) is 0 Å². The molecular formula is C8H15NO2S. The predicted octanol–water partition coefficient (Wildman–Crippen LogP) is 0.944. The number of rotatable bonds is 3. The van der Waals surface area contributed by atoms with E-state index in [0.717, 1.165) is 32.6 Å². The molecule has 0 spiro atoms. The van der Waals surface area contributed by atoms with Gasteiger partial charge in [0.2, 0.25) is 0 Å². The predicted molar refractivity (Wildman–Crippen MR) is 50.1 cm³/mol. The van der Waals surface area contributed by atoms with E-state index < -0.39 is 0 Å². The summed E-state index contributed by atoms with van der Waals surface area (Å²) in [5.74, 6) is 0. The van der Waals surface area contributed by atoms with E-state index in [1.54, 1.807) is 11.9 Å². The van der Waals surface area contributed by atoms with Gasteiger partial charge in [-0.3, -0.25) is 0 Å². The van der Waals surface area contributed by atoms with Gasteiger partial charge in [-0.2, -0.15) is 0 Å². The second-order valence-corrected chi connectivity index (χ2v) is 5.11. The summed E-state index contributed by atoms with van der Waals surface area (Å²) in [7, 11) is 0. The van der Waals surface area contributed by atoms with Crippen LogP contribution in [0.5, 0.6) is 0 Å². The molecule has 1 rings (SSSR count). The van der Waals surface area contributed by atoms with Crippen LogP contribution in [0.2, 0.25) is 0 Å². The van der Waals surface area contributed by atoms with Crippen molar-refractivity contribution in [2.24, 2.45) is 0 Å². The Bertz CT molecular complexity index is 155. The first-order chi connectivity index (χ1) is 5.64. The molecular weight excluding hydrogens is 174 g/mol. The van der Waals surface area contributed by atoms with E-state index in [2.05, 4.69) is 4.31 Å². The molecule has 1 fully saturated rings. The first-order valence-electron chi connectivity index (χ1n) is 4.12. The molecule has 0 atom stereocenters. The number of carbonyl (C=O) groups excluding carboxylic acids is 1. The van der Waals surface area contributed by atoms with E-state index in [4.69, 9.17) is 4.74 Å². The van der Waals surface area contributed by atoms with Crippen LogP contribution < -0.4 is 0 Å². The Hall–Kier alpha value is -0.0600. The number of hydrogen-bond acceptors (Lipinski definition) is 4. The molecule has 0 amide bonds. The summed E-state index contributed by atoms with van der Waals surface area (Å²) in [6.07, 6.45) is 0.993. The molecule has 1 aliphatic heterocycles. The summed E-state index contributed by atoms with van der Waals surface area (Å²) in [6, 6.07) is 0. The average Bonchev–Trinajstić information content (AvgIpc) is 2.06. The molecule has 0 saturated carbocycles. The zero-order valence-electron chi connectivity index (χ0n) is 7.58. The number of nitrogens with zero attached hydrogens (tertiary/aromatic N) is 1. The van der Waals surface area contributed by atoms with Gasteiger partial charge in [-0.15, -0.1) is 0 Å². The zero-order valence-corrected chi connectivity index (χ0v) is 8.39. The van der Waals surface area contributed by atoms with Crippen molar-refractivity contribution in [1.82, 2.24) is 4.31 Å². The fourth-order valence-corrected chi connectivity index (χ4v) is 2.03. The summed E-state index contributed by atoms with van der Waals surface area (Å²) in [5, 5.41) is 0. The fourth-order valence-electron chi connectivity index (χ4n) is 0.992. The summed E-state index contributed by atoms with van der Waals surface area (Å²) in [6.45, 7) is 7.26. The fraction of sp³-hybridized carbons (Fsp3) is 0.875. The number of morpholine rings is 1. The van der Waals surface area contributed by atoms with E-state index in [0.29, 0.717) is 0 Å². The lowest BCUT2D eigenvalue weighted by molar-refractivity contribution is -0.109. The lowest BCUT2D eigenvalue weighted by Gasteiger charge is -2.30. The van der Waals surface area contributed by atoms with Crippen LogP contribution in [0, 0.1) is 0 Å². The smallest absolute Gasteiger partial charge is 0.136 e. The third-order valence-electron chi connectivity index (χ3n) is 1.62. The van der Waals surface area contributed by atoms with E-state index in [1.165, 1.54) is 0 Å². The van der Waals surface area contributed by atoms with Gasteiger partial charge in [-0.05, 0) is 13.8 Å². The van der Waals surface area contributed by atoms with Gasteiger partial charge < -0.3 is 9.53 Å². The molecule has 3 nitrogen and oxygen atoms in total. The first kappa shape index (κ1) is 10.0. The van der Waals surface area contributed by atoms with Gasteiger partial charge in [-0.25, -0.2) is 4.31 Å². The second-order valence-electron chi connectivity index (χ2n) is 3.35. The molecule has 0 N–H and O–H groups in total. The van der Waals surface area contributed by atoms with E-state index in [1.807, 2.05) is 13.8 Å². The standard InChI is InChI=1S/C8H15NO2S/c1-8(2,7-10)12-9-3-5-11-6-4-9/h7H,3-6H2,1-2H3. The van der Waals surface area contributed by atoms with Crippen molar-refractivity contribution in [3.63, 3.8) is 0 Å². The lowest BCUT2D eigenvalue weighted by atomic mass is 10.2. The zero-order chi connectivity index (χ0) is 9.03. The summed E-state index contributed by atoms with van der Waals surface area (Å²) >= 11 is 1.61. The third-order valence-corrected chi connectivity index (χ3v) is 2.81. The Morgan fingerprint density at radius 1 is 1.42 bits per heavy atom. The Labute approximate surface area is 77.6 Å². The van der Waals surface area contributed by atoms with Crippen molar-refractivity contribution in [2.75, 3.05) is 26.3 Å². The van der Waals surface area contributed by atoms with Crippen molar-refractivity contribution >= 4 is 18.2 Å². The largest absolute Gasteiger partial charge is 0.379 e. The quantitative estimate of drug-likeness (QED) is 0.488. The van der Waals surface area contributed by atoms with Crippen LogP contribution in [0.3, 0.4) is 0 Å². The summed E-state index contributed by atoms with van der Waals surface area (Å²) < 4.78 is 7.10. The summed E-state index contributed by atoms with van der Waals surface area (Å²) in [5.41, 5.74) is 0. The van der Waals surface area contributed by atoms with Gasteiger partial charge in [0.15, 0.2) is 0 Å². The molecule has 0 aromatic heterocycles. The van der Waals surface area contributed by atoms with Gasteiger partial charge in [0, 0.05) is 13.1 Å². The van der Waals surface area contributed by atoms with E-state index in [9.17, 15) is 4.79 Å². The highest BCUT2D eigenvalue weighted by molar-refractivity contribution is 7.99. The van der Waals surface area contributed by atoms with Gasteiger partial charge in [-0.1, -0.05) is 11.9 Å². The van der Waals surface area contributed by atoms with Crippen molar-refractivity contribution in [3.8, 4) is 0 Å². The van der Waals surface area contributed by atoms with Crippen LogP contribution in [-0.2, 0) is 9.53 Å². The Morgan fingerprint density at radius 2 is 2.00 bits per heavy atom. The molecule has 0 aromatic rings. The minimum absolute atomic E-state index is 0.294. The first-order valence-corrected chi connectivity index (χ1v) is 4.89. The number of hydrogen-bond donors (Lipinski definition) is 0. The molecule has 0 radical (unpaired) electrons. The molecule has 12 heavy (non-hydrogen) atoms. The summed E-state index contributed by atoms with van der Waals surface area (Å²) in [4.78, 5) is 10.6. The molecule has 1 heterocycles. The van der Waals surface area contributed by atoms with Crippen molar-refractivity contribution in [3.05, 3.63) is 0 Å². The highest BCUT2D eigenvalue weighted by atomic mass is 32.2. The Balaban J connectivity index is 2.33. The SMILES string of the molecule is CC(C)(C=O)SN1CCOCC1. The second kappa shape index (κ2) is 4.25. The van der Waals surface area contributed by atoms with Crippen LogP contribution in [0.15, 0.2) is 0 Å². The minimum atomic E-state index is -0.294. The van der Waals surface area contributed by atoms with Gasteiger partial charge in [0.05, 0.1) is 18.0 Å². The Morgan fingerprint density at radius 3 is 2.50 bits per heavy atom. The Kier molecular flexibility index (Phi) is 3.55. The monoisotopic (exact) mass is 189 g/mol. The highest BCUT2D eigenvalue weighted by Crippen LogP contribution is 2.26. The molecule has 1 aliphatic rings. The van der Waals surface area contributed by atoms with Gasteiger partial charge >= 0.3 is 0 Å². The number of carbonyl (C=O) groups is 1. The average molecular weight is 189 g/mol. The van der Waals surface area contributed by atoms with Gasteiger partial charge in [0.25, 0.3) is 0 Å². The topological polar surface area (TPSA) is 29.5 Å². The highest BCUT2D eigenvalue weighted by Gasteiger charge is 2.23. The van der Waals surface area contributed by atoms with Crippen molar-refractivity contribution in [2.45, 2.75) is 18.6 Å². The van der Waals surface area contributed by atoms with E-state index >= 15 is 0 Å². The molecule has 0 bridgehead atoms. The third kappa shape index (κ3) is 3.13. The molecule has 4 heteroatoms. The maximum atomic E-state index is 10.6. The maximum absolute atomic E-state index is 10.6. The van der Waals surface area contributed by atoms with Crippen LogP contribution >= 0.6 is 11.9 Å². The van der Waals surface area contributed by atoms with Crippen LogP contribution in [0.25, 0.3) is 0 Å². The van der Waals surface area contributed by atoms with Crippen LogP contribution in [0.1, 0.15) is 13.8 Å². The molecule has 70 valence electrons. The molecule has 1 saturated heterocycles. The van der Waals surface area contributed by atoms with Crippen LogP contribution in [-0.4, -0.2) is 41.6 Å². The minimum Gasteiger partial charge on any atom is -0.379 e. The lowest BCUT2D eigenvalue weighted by Crippen LogP contribution is -2.35. The van der Waals surface area contributed by atoms with Crippen molar-refractivity contribution < 1.29 is 9.53 Å². The van der Waals surface area contributed by atoms with E-state index in [-0.39, 0.29) is 4.75 Å². The normalized spacial score (nSPS) is 20.8. The number of ether oxygens (including phenoxy) is 1. The molecule has 0 aliphatic carbocycles. The molecule has 0 aromatic carbocycles. The van der Waals surface area contributed by atoms with Gasteiger partial charge in [0.1, 0.15) is 6.29 Å². The molecule has 0 unspecified atom stereocenters. The van der Waals surface area contributed by atoms with Crippen molar-refractivity contribution in [1.29, 1.82) is 0 Å². The number of aldehydes is 1.